The Bertz CT molecular complexity index is 1280. The van der Waals surface area contributed by atoms with E-state index in [0.717, 1.165) is 0 Å². The van der Waals surface area contributed by atoms with Gasteiger partial charge in [0.1, 0.15) is 11.6 Å². The summed E-state index contributed by atoms with van der Waals surface area (Å²) in [4.78, 5) is 72.9. The first-order valence-electron chi connectivity index (χ1n) is 12.1. The Morgan fingerprint density at radius 1 is 1.24 bits per heavy atom. The number of nitrogens with two attached hydrogens (primary N) is 1. The smallest absolute Gasteiger partial charge is 0.235 e. The summed E-state index contributed by atoms with van der Waals surface area (Å²) in [6.07, 6.45) is 0.588. The number of phenols is 1. The van der Waals surface area contributed by atoms with Gasteiger partial charge in [0, 0.05) is 12.3 Å². The standard InChI is InChI=1S/C25H28N4O8/c1-28(2)19-13-8-11-7-12-10(9-29-15(26)5-6-37-29)3-4-14(30)17(12)20(31)16(11)22(33)25(13,36)23(34)18(21(19)32)24(27)35/h3-4,11,13,16,18-19,26,30,36H,5-9H2,1-2H3,(H2,27,35)/t11-,13-,16?,18?,19-,25-/m0/s1. The summed E-state index contributed by atoms with van der Waals surface area (Å²) in [6, 6.07) is 1.81. The Kier molecular flexibility index (Phi) is 5.81. The minimum Gasteiger partial charge on any atom is -0.507 e. The number of amides is 1. The molecular formula is C25H28N4O8. The molecule has 1 aromatic carbocycles. The Morgan fingerprint density at radius 3 is 2.54 bits per heavy atom. The quantitative estimate of drug-likeness (QED) is 0.363. The number of carbonyl (C=O) groups is 5. The van der Waals surface area contributed by atoms with Crippen molar-refractivity contribution in [1.82, 2.24) is 9.96 Å². The number of aliphatic hydroxyl groups is 1. The molecule has 196 valence electrons. The molecule has 12 heteroatoms. The summed E-state index contributed by atoms with van der Waals surface area (Å²) >= 11 is 0. The molecule has 0 aromatic heterocycles. The van der Waals surface area contributed by atoms with Crippen LogP contribution in [-0.4, -0.2) is 87.4 Å². The number of phenolic OH excluding ortho intramolecular Hbond substituents is 1. The fourth-order valence-electron chi connectivity index (χ4n) is 6.57. The van der Waals surface area contributed by atoms with E-state index in [-0.39, 0.29) is 36.5 Å². The topological polar surface area (TPSA) is 191 Å². The van der Waals surface area contributed by atoms with Gasteiger partial charge in [-0.3, -0.25) is 39.1 Å². The summed E-state index contributed by atoms with van der Waals surface area (Å²) in [5, 5.41) is 31.6. The number of nitrogens with zero attached hydrogens (tertiary/aromatic N) is 2. The van der Waals surface area contributed by atoms with Crippen molar-refractivity contribution in [1.29, 1.82) is 5.41 Å². The van der Waals surface area contributed by atoms with E-state index in [1.54, 1.807) is 6.07 Å². The molecule has 37 heavy (non-hydrogen) atoms. The van der Waals surface area contributed by atoms with Crippen molar-refractivity contribution >= 4 is 34.9 Å². The predicted molar refractivity (Wildman–Crippen MR) is 125 cm³/mol. The van der Waals surface area contributed by atoms with Crippen LogP contribution in [0.4, 0.5) is 0 Å². The molecule has 0 radical (unpaired) electrons. The number of Topliss-reactive ketones (excluding diaryl/α,β-unsaturated/α-hetero) is 4. The van der Waals surface area contributed by atoms with E-state index >= 15 is 0 Å². The molecule has 4 aliphatic rings. The second-order valence-corrected chi connectivity index (χ2v) is 10.5. The zero-order chi connectivity index (χ0) is 27.0. The summed E-state index contributed by atoms with van der Waals surface area (Å²) in [5.41, 5.74) is 3.63. The lowest BCUT2D eigenvalue weighted by molar-refractivity contribution is -0.181. The van der Waals surface area contributed by atoms with Gasteiger partial charge in [0.25, 0.3) is 0 Å². The SMILES string of the molecule is CN(C)[C@@H]1C(=O)C(C(N)=O)C(=O)[C@@]2(O)C(=O)C3C(=O)c4c(O)ccc(CN5OCCC5=N)c4C[C@H]3C[C@@H]12. The third-order valence-corrected chi connectivity index (χ3v) is 8.24. The highest BCUT2D eigenvalue weighted by Gasteiger charge is 2.69. The Hall–Kier alpha value is -3.48. The van der Waals surface area contributed by atoms with Crippen molar-refractivity contribution in [2.45, 2.75) is 37.5 Å². The van der Waals surface area contributed by atoms with Gasteiger partial charge < -0.3 is 15.9 Å². The number of amidine groups is 1. The van der Waals surface area contributed by atoms with Crippen molar-refractivity contribution in [3.8, 4) is 5.75 Å². The maximum absolute atomic E-state index is 13.8. The van der Waals surface area contributed by atoms with Gasteiger partial charge in [-0.25, -0.2) is 5.06 Å². The number of likely N-dealkylation sites (N-methyl/N-ethyl adjacent to an activating group) is 1. The van der Waals surface area contributed by atoms with Crippen molar-refractivity contribution < 1.29 is 39.0 Å². The van der Waals surface area contributed by atoms with Crippen molar-refractivity contribution in [3.63, 3.8) is 0 Å². The molecule has 0 spiro atoms. The average Bonchev–Trinajstić information content (AvgIpc) is 3.22. The van der Waals surface area contributed by atoms with Crippen LogP contribution < -0.4 is 5.73 Å². The van der Waals surface area contributed by atoms with Gasteiger partial charge in [0.15, 0.2) is 34.7 Å². The van der Waals surface area contributed by atoms with Crippen molar-refractivity contribution in [3.05, 3.63) is 28.8 Å². The molecule has 2 unspecified atom stereocenters. The van der Waals surface area contributed by atoms with Gasteiger partial charge >= 0.3 is 0 Å². The predicted octanol–water partition coefficient (Wildman–Crippen LogP) is -1.02. The normalized spacial score (nSPS) is 33.5. The minimum atomic E-state index is -2.75. The largest absolute Gasteiger partial charge is 0.507 e. The summed E-state index contributed by atoms with van der Waals surface area (Å²) in [7, 11) is 3.08. The van der Waals surface area contributed by atoms with Crippen LogP contribution in [0.1, 0.15) is 34.3 Å². The molecule has 1 heterocycles. The van der Waals surface area contributed by atoms with Gasteiger partial charge in [-0.2, -0.15) is 0 Å². The van der Waals surface area contributed by atoms with Crippen LogP contribution >= 0.6 is 0 Å². The maximum Gasteiger partial charge on any atom is 0.235 e. The molecule has 5 rings (SSSR count). The second kappa shape index (κ2) is 8.54. The first-order chi connectivity index (χ1) is 17.4. The van der Waals surface area contributed by atoms with Gasteiger partial charge in [-0.15, -0.1) is 0 Å². The molecule has 1 amide bonds. The van der Waals surface area contributed by atoms with Gasteiger partial charge in [0.05, 0.1) is 30.7 Å². The lowest BCUT2D eigenvalue weighted by Gasteiger charge is -2.52. The zero-order valence-corrected chi connectivity index (χ0v) is 20.4. The molecule has 2 saturated carbocycles. The Balaban J connectivity index is 1.59. The third kappa shape index (κ3) is 3.46. The number of benzene rings is 1. The Labute approximate surface area is 211 Å². The molecule has 1 aromatic rings. The van der Waals surface area contributed by atoms with E-state index < -0.39 is 64.4 Å². The molecule has 1 saturated heterocycles. The van der Waals surface area contributed by atoms with Crippen molar-refractivity contribution in [2.75, 3.05) is 20.7 Å². The number of carbonyl (C=O) groups excluding carboxylic acids is 5. The summed E-state index contributed by atoms with van der Waals surface area (Å²) in [6.45, 7) is 0.517. The first kappa shape index (κ1) is 25.2. The minimum absolute atomic E-state index is 0.0188. The molecule has 1 aliphatic heterocycles. The number of rotatable bonds is 4. The summed E-state index contributed by atoms with van der Waals surface area (Å²) < 4.78 is 0. The van der Waals surface area contributed by atoms with E-state index in [9.17, 15) is 34.2 Å². The Morgan fingerprint density at radius 2 is 1.95 bits per heavy atom. The summed E-state index contributed by atoms with van der Waals surface area (Å²) in [5.74, 6) is -10.5. The molecule has 0 bridgehead atoms. The van der Waals surface area contributed by atoms with Crippen LogP contribution in [0.3, 0.4) is 0 Å². The van der Waals surface area contributed by atoms with Crippen LogP contribution in [0.2, 0.25) is 0 Å². The lowest BCUT2D eigenvalue weighted by atomic mass is 9.52. The second-order valence-electron chi connectivity index (χ2n) is 10.5. The van der Waals surface area contributed by atoms with Crippen LogP contribution in [-0.2, 0) is 37.0 Å². The van der Waals surface area contributed by atoms with Crippen LogP contribution in [0, 0.1) is 29.1 Å². The zero-order valence-electron chi connectivity index (χ0n) is 20.4. The monoisotopic (exact) mass is 512 g/mol. The van der Waals surface area contributed by atoms with Crippen LogP contribution in [0.25, 0.3) is 0 Å². The number of fused-ring (bicyclic) bond motifs is 3. The number of aromatic hydroxyl groups is 1. The van der Waals surface area contributed by atoms with Crippen LogP contribution in [0.5, 0.6) is 5.75 Å². The van der Waals surface area contributed by atoms with E-state index in [0.29, 0.717) is 24.2 Å². The number of hydrogen-bond acceptors (Lipinski definition) is 10. The number of hydrogen-bond donors (Lipinski definition) is 4. The van der Waals surface area contributed by atoms with E-state index in [1.165, 1.54) is 30.1 Å². The fourth-order valence-corrected chi connectivity index (χ4v) is 6.57. The van der Waals surface area contributed by atoms with E-state index in [1.807, 2.05) is 0 Å². The van der Waals surface area contributed by atoms with E-state index in [4.69, 9.17) is 16.0 Å². The number of ketones is 4. The highest BCUT2D eigenvalue weighted by Crippen LogP contribution is 2.51. The molecule has 12 nitrogen and oxygen atoms in total. The fraction of sp³-hybridized carbons (Fsp3) is 0.520. The lowest BCUT2D eigenvalue weighted by Crippen LogP contribution is -2.74. The highest BCUT2D eigenvalue weighted by molar-refractivity contribution is 6.32. The van der Waals surface area contributed by atoms with E-state index in [2.05, 4.69) is 0 Å². The molecule has 3 fully saturated rings. The van der Waals surface area contributed by atoms with Crippen LogP contribution in [0.15, 0.2) is 12.1 Å². The number of primary amides is 1. The van der Waals surface area contributed by atoms with Gasteiger partial charge in [-0.05, 0) is 50.0 Å². The molecular weight excluding hydrogens is 484 g/mol. The highest BCUT2D eigenvalue weighted by atomic mass is 16.7. The first-order valence-corrected chi connectivity index (χ1v) is 12.1. The molecule has 3 aliphatic carbocycles. The molecule has 6 atom stereocenters. The van der Waals surface area contributed by atoms with Gasteiger partial charge in [0.2, 0.25) is 5.91 Å². The number of nitrogens with one attached hydrogen (secondary N) is 1. The number of hydroxylamine groups is 2. The average molecular weight is 513 g/mol. The molecule has 5 N–H and O–H groups in total. The maximum atomic E-state index is 13.8. The third-order valence-electron chi connectivity index (χ3n) is 8.24. The van der Waals surface area contributed by atoms with Crippen molar-refractivity contribution in [2.24, 2.45) is 29.4 Å². The van der Waals surface area contributed by atoms with Gasteiger partial charge in [-0.1, -0.05) is 6.07 Å².